The lowest BCUT2D eigenvalue weighted by molar-refractivity contribution is 0.120. The second kappa shape index (κ2) is 7.35. The Bertz CT molecular complexity index is 793. The molecular formula is C20H20FN3O. The lowest BCUT2D eigenvalue weighted by Gasteiger charge is -2.41. The third-order valence-corrected chi connectivity index (χ3v) is 4.71. The van der Waals surface area contributed by atoms with E-state index in [2.05, 4.69) is 11.4 Å². The first-order chi connectivity index (χ1) is 12.1. The van der Waals surface area contributed by atoms with Crippen molar-refractivity contribution in [1.82, 2.24) is 4.90 Å². The Hall–Kier alpha value is -2.87. The van der Waals surface area contributed by atoms with Gasteiger partial charge in [0.15, 0.2) is 0 Å². The number of carbonyl (C=O) groups is 1. The molecule has 0 aliphatic heterocycles. The molecule has 0 radical (unpaired) electrons. The van der Waals surface area contributed by atoms with Crippen LogP contribution in [0, 0.1) is 17.1 Å². The highest BCUT2D eigenvalue weighted by Gasteiger charge is 2.33. The van der Waals surface area contributed by atoms with Crippen molar-refractivity contribution >= 4 is 11.7 Å². The molecule has 1 N–H and O–H groups in total. The largest absolute Gasteiger partial charge is 0.322 e. The second-order valence-corrected chi connectivity index (χ2v) is 6.34. The molecule has 0 saturated heterocycles. The van der Waals surface area contributed by atoms with Crippen LogP contribution in [0.3, 0.4) is 0 Å². The van der Waals surface area contributed by atoms with Crippen LogP contribution in [-0.4, -0.2) is 17.0 Å². The van der Waals surface area contributed by atoms with Gasteiger partial charge in [0.2, 0.25) is 0 Å². The number of halogens is 1. The number of carbonyl (C=O) groups excluding carboxylic acids is 1. The molecule has 3 rings (SSSR count). The van der Waals surface area contributed by atoms with Crippen molar-refractivity contribution in [2.75, 3.05) is 5.32 Å². The Balaban J connectivity index is 1.82. The Morgan fingerprint density at radius 2 is 2.00 bits per heavy atom. The van der Waals surface area contributed by atoms with Gasteiger partial charge in [0.1, 0.15) is 5.82 Å². The normalized spacial score (nSPS) is 14.9. The molecule has 0 heterocycles. The fourth-order valence-corrected chi connectivity index (χ4v) is 3.07. The molecule has 2 aromatic carbocycles. The third kappa shape index (κ3) is 3.80. The van der Waals surface area contributed by atoms with Crippen LogP contribution in [0.1, 0.15) is 43.4 Å². The minimum atomic E-state index is -0.337. The van der Waals surface area contributed by atoms with E-state index in [1.165, 1.54) is 12.1 Å². The minimum absolute atomic E-state index is 0.154. The van der Waals surface area contributed by atoms with E-state index in [0.29, 0.717) is 11.3 Å². The molecule has 128 valence electrons. The number of benzene rings is 2. The maximum absolute atomic E-state index is 13.0. The molecule has 2 aromatic rings. The Morgan fingerprint density at radius 1 is 1.28 bits per heavy atom. The van der Waals surface area contributed by atoms with Crippen LogP contribution in [0.25, 0.3) is 0 Å². The Kier molecular flexibility index (Phi) is 4.99. The van der Waals surface area contributed by atoms with Gasteiger partial charge in [-0.1, -0.05) is 12.1 Å². The summed E-state index contributed by atoms with van der Waals surface area (Å²) in [5, 5.41) is 12.0. The van der Waals surface area contributed by atoms with Gasteiger partial charge in [-0.25, -0.2) is 9.18 Å². The average molecular weight is 337 g/mol. The van der Waals surface area contributed by atoms with E-state index in [9.17, 15) is 9.18 Å². The quantitative estimate of drug-likeness (QED) is 0.867. The summed E-state index contributed by atoms with van der Waals surface area (Å²) >= 11 is 0. The van der Waals surface area contributed by atoms with Gasteiger partial charge in [-0.2, -0.15) is 5.26 Å². The van der Waals surface area contributed by atoms with Crippen molar-refractivity contribution in [1.29, 1.82) is 5.26 Å². The van der Waals surface area contributed by atoms with Gasteiger partial charge in [-0.15, -0.1) is 0 Å². The fourth-order valence-electron chi connectivity index (χ4n) is 3.07. The van der Waals surface area contributed by atoms with Crippen molar-refractivity contribution < 1.29 is 9.18 Å². The lowest BCUT2D eigenvalue weighted by Crippen LogP contribution is -2.47. The van der Waals surface area contributed by atoms with Gasteiger partial charge < -0.3 is 10.2 Å². The number of nitrogens with zero attached hydrogens (tertiary/aromatic N) is 2. The summed E-state index contributed by atoms with van der Waals surface area (Å²) in [6.07, 6.45) is 3.05. The highest BCUT2D eigenvalue weighted by molar-refractivity contribution is 5.89. The maximum Gasteiger partial charge on any atom is 0.322 e. The predicted octanol–water partition coefficient (Wildman–Crippen LogP) is 4.84. The van der Waals surface area contributed by atoms with E-state index in [4.69, 9.17) is 5.26 Å². The van der Waals surface area contributed by atoms with Crippen molar-refractivity contribution in [3.63, 3.8) is 0 Å². The summed E-state index contributed by atoms with van der Waals surface area (Å²) < 4.78 is 13.0. The van der Waals surface area contributed by atoms with E-state index in [1.54, 1.807) is 18.2 Å². The van der Waals surface area contributed by atoms with Gasteiger partial charge in [0.25, 0.3) is 0 Å². The van der Waals surface area contributed by atoms with E-state index >= 15 is 0 Å². The summed E-state index contributed by atoms with van der Waals surface area (Å²) in [7, 11) is 0. The summed E-state index contributed by atoms with van der Waals surface area (Å²) in [5.74, 6) is -0.337. The smallest absolute Gasteiger partial charge is 0.315 e. The van der Waals surface area contributed by atoms with Crippen molar-refractivity contribution in [3.05, 3.63) is 65.5 Å². The molecule has 0 bridgehead atoms. The Labute approximate surface area is 146 Å². The maximum atomic E-state index is 13.0. The third-order valence-electron chi connectivity index (χ3n) is 4.71. The zero-order valence-corrected chi connectivity index (χ0v) is 14.1. The first-order valence-electron chi connectivity index (χ1n) is 8.43. The van der Waals surface area contributed by atoms with Crippen LogP contribution in [-0.2, 0) is 0 Å². The van der Waals surface area contributed by atoms with Crippen molar-refractivity contribution in [2.45, 2.75) is 38.3 Å². The Morgan fingerprint density at radius 3 is 2.60 bits per heavy atom. The molecule has 0 aromatic heterocycles. The molecule has 1 saturated carbocycles. The lowest BCUT2D eigenvalue weighted by atomic mass is 9.89. The number of anilines is 1. The topological polar surface area (TPSA) is 56.1 Å². The van der Waals surface area contributed by atoms with Gasteiger partial charge >= 0.3 is 6.03 Å². The molecule has 25 heavy (non-hydrogen) atoms. The van der Waals surface area contributed by atoms with Crippen LogP contribution in [0.5, 0.6) is 0 Å². The van der Waals surface area contributed by atoms with Crippen molar-refractivity contribution in [2.24, 2.45) is 0 Å². The van der Waals surface area contributed by atoms with E-state index < -0.39 is 0 Å². The van der Waals surface area contributed by atoms with Crippen LogP contribution in [0.2, 0.25) is 0 Å². The predicted molar refractivity (Wildman–Crippen MR) is 94.5 cm³/mol. The highest BCUT2D eigenvalue weighted by atomic mass is 19.1. The SMILES string of the molecule is CC(c1cccc(C#N)c1)N(C(=O)Nc1ccc(F)cc1)C1CCC1. The summed E-state index contributed by atoms with van der Waals surface area (Å²) in [6.45, 7) is 1.97. The van der Waals surface area contributed by atoms with Gasteiger partial charge in [0, 0.05) is 11.7 Å². The number of hydrogen-bond acceptors (Lipinski definition) is 2. The molecule has 1 fully saturated rings. The average Bonchev–Trinajstić information content (AvgIpc) is 2.59. The van der Waals surface area contributed by atoms with Gasteiger partial charge in [-0.05, 0) is 68.1 Å². The second-order valence-electron chi connectivity index (χ2n) is 6.34. The monoisotopic (exact) mass is 337 g/mol. The molecule has 1 unspecified atom stereocenters. The molecule has 5 heteroatoms. The number of hydrogen-bond donors (Lipinski definition) is 1. The number of nitriles is 1. The number of nitrogens with one attached hydrogen (secondary N) is 1. The molecular weight excluding hydrogens is 317 g/mol. The standard InChI is InChI=1S/C20H20FN3O/c1-14(16-5-2-4-15(12-16)13-22)24(19-6-3-7-19)20(25)23-18-10-8-17(21)9-11-18/h2,4-5,8-12,14,19H,3,6-7H2,1H3,(H,23,25). The first-order valence-corrected chi connectivity index (χ1v) is 8.43. The number of urea groups is 1. The zero-order chi connectivity index (χ0) is 17.8. The summed E-state index contributed by atoms with van der Waals surface area (Å²) in [6, 6.07) is 15.0. The zero-order valence-electron chi connectivity index (χ0n) is 14.1. The fraction of sp³-hybridized carbons (Fsp3) is 0.300. The minimum Gasteiger partial charge on any atom is -0.315 e. The van der Waals surface area contributed by atoms with Gasteiger partial charge in [-0.3, -0.25) is 0 Å². The van der Waals surface area contributed by atoms with E-state index in [1.807, 2.05) is 30.0 Å². The summed E-state index contributed by atoms with van der Waals surface area (Å²) in [5.41, 5.74) is 2.07. The van der Waals surface area contributed by atoms with Crippen molar-refractivity contribution in [3.8, 4) is 6.07 Å². The number of rotatable bonds is 4. The van der Waals surface area contributed by atoms with Crippen LogP contribution >= 0.6 is 0 Å². The first kappa shape index (κ1) is 17.0. The number of amides is 2. The summed E-state index contributed by atoms with van der Waals surface area (Å²) in [4.78, 5) is 14.7. The van der Waals surface area contributed by atoms with Crippen LogP contribution < -0.4 is 5.32 Å². The van der Waals surface area contributed by atoms with E-state index in [0.717, 1.165) is 24.8 Å². The molecule has 1 aliphatic carbocycles. The highest BCUT2D eigenvalue weighted by Crippen LogP contribution is 2.33. The molecule has 0 spiro atoms. The molecule has 2 amide bonds. The molecule has 4 nitrogen and oxygen atoms in total. The van der Waals surface area contributed by atoms with E-state index in [-0.39, 0.29) is 23.9 Å². The van der Waals surface area contributed by atoms with Gasteiger partial charge in [0.05, 0.1) is 17.7 Å². The van der Waals surface area contributed by atoms with Crippen LogP contribution in [0.15, 0.2) is 48.5 Å². The van der Waals surface area contributed by atoms with Crippen LogP contribution in [0.4, 0.5) is 14.9 Å². The molecule has 1 atom stereocenters. The molecule has 1 aliphatic rings.